The molecule has 4 atom stereocenters. The molecule has 2 aliphatic heterocycles. The Labute approximate surface area is 268 Å². The molecular formula is C36H42N4O6. The van der Waals surface area contributed by atoms with Crippen LogP contribution in [0.1, 0.15) is 60.5 Å². The first-order chi connectivity index (χ1) is 22.4. The lowest BCUT2D eigenvalue weighted by molar-refractivity contribution is -0.276. The number of para-hydroxylation sites is 2. The van der Waals surface area contributed by atoms with E-state index in [-0.39, 0.29) is 43.1 Å². The first kappa shape index (κ1) is 31.7. The number of piperidine rings is 1. The number of benzene rings is 3. The molecular weight excluding hydrogens is 584 g/mol. The van der Waals surface area contributed by atoms with Gasteiger partial charge in [-0.2, -0.15) is 0 Å². The minimum absolute atomic E-state index is 0.0104. The molecule has 46 heavy (non-hydrogen) atoms. The number of nitrogens with one attached hydrogen (secondary N) is 2. The van der Waals surface area contributed by atoms with Crippen molar-refractivity contribution in [3.05, 3.63) is 118 Å². The zero-order valence-electron chi connectivity index (χ0n) is 26.1. The number of imidazole rings is 1. The van der Waals surface area contributed by atoms with Crippen molar-refractivity contribution in [3.8, 4) is 0 Å². The van der Waals surface area contributed by atoms with Crippen LogP contribution < -0.4 is 11.0 Å². The van der Waals surface area contributed by atoms with Crippen LogP contribution in [0.3, 0.4) is 0 Å². The van der Waals surface area contributed by atoms with Crippen LogP contribution in [0.4, 0.5) is 4.79 Å². The molecule has 242 valence electrons. The van der Waals surface area contributed by atoms with Crippen molar-refractivity contribution in [1.29, 1.82) is 0 Å². The molecule has 10 heteroatoms. The Kier molecular flexibility index (Phi) is 9.99. The lowest BCUT2D eigenvalue weighted by Gasteiger charge is -2.44. The number of likely N-dealkylation sites (tertiary alicyclic amines) is 1. The average molecular weight is 627 g/mol. The molecule has 10 nitrogen and oxygen atoms in total. The van der Waals surface area contributed by atoms with Crippen molar-refractivity contribution in [1.82, 2.24) is 19.8 Å². The van der Waals surface area contributed by atoms with E-state index in [0.717, 1.165) is 65.8 Å². The highest BCUT2D eigenvalue weighted by molar-refractivity contribution is 5.75. The second kappa shape index (κ2) is 14.5. The maximum absolute atomic E-state index is 12.8. The van der Waals surface area contributed by atoms with Gasteiger partial charge in [0, 0.05) is 43.7 Å². The Hall–Kier alpha value is -4.22. The summed E-state index contributed by atoms with van der Waals surface area (Å²) in [6.07, 6.45) is 1.90. The number of amides is 1. The zero-order chi connectivity index (χ0) is 32.0. The second-order valence-corrected chi connectivity index (χ2v) is 12.2. The van der Waals surface area contributed by atoms with Gasteiger partial charge in [-0.15, -0.1) is 0 Å². The first-order valence-corrected chi connectivity index (χ1v) is 16.0. The van der Waals surface area contributed by atoms with E-state index in [1.54, 1.807) is 0 Å². The Bertz CT molecular complexity index is 1670. The summed E-state index contributed by atoms with van der Waals surface area (Å²) in [4.78, 5) is 30.1. The molecule has 0 saturated carbocycles. The summed E-state index contributed by atoms with van der Waals surface area (Å²) in [6, 6.07) is 23.8. The molecule has 3 N–H and O–H groups in total. The highest BCUT2D eigenvalue weighted by Gasteiger charge is 2.39. The normalized spacial score (nSPS) is 22.5. The molecule has 0 spiro atoms. The molecule has 0 aliphatic carbocycles. The van der Waals surface area contributed by atoms with Crippen molar-refractivity contribution in [2.75, 3.05) is 26.2 Å². The zero-order valence-corrected chi connectivity index (χ0v) is 26.1. The van der Waals surface area contributed by atoms with E-state index in [2.05, 4.69) is 28.7 Å². The van der Waals surface area contributed by atoms with Gasteiger partial charge in [0.1, 0.15) is 6.61 Å². The summed E-state index contributed by atoms with van der Waals surface area (Å²) in [6.45, 7) is 8.68. The summed E-state index contributed by atoms with van der Waals surface area (Å²) in [5.41, 5.74) is 5.50. The van der Waals surface area contributed by atoms with E-state index in [9.17, 15) is 14.7 Å². The highest BCUT2D eigenvalue weighted by Crippen LogP contribution is 2.42. The molecule has 3 heterocycles. The number of alkyl carbamates (subject to hydrolysis) is 1. The Balaban J connectivity index is 1.15. The van der Waals surface area contributed by atoms with Gasteiger partial charge in [-0.25, -0.2) is 9.59 Å². The summed E-state index contributed by atoms with van der Waals surface area (Å²) in [5, 5.41) is 12.3. The lowest BCUT2D eigenvalue weighted by Crippen LogP contribution is -2.47. The summed E-state index contributed by atoms with van der Waals surface area (Å²) >= 11 is 0. The van der Waals surface area contributed by atoms with E-state index < -0.39 is 12.4 Å². The monoisotopic (exact) mass is 626 g/mol. The van der Waals surface area contributed by atoms with Crippen LogP contribution in [0.2, 0.25) is 0 Å². The van der Waals surface area contributed by atoms with Gasteiger partial charge in [-0.1, -0.05) is 80.2 Å². The fourth-order valence-corrected chi connectivity index (χ4v) is 6.53. The number of hydrogen-bond acceptors (Lipinski definition) is 7. The highest BCUT2D eigenvalue weighted by atomic mass is 16.7. The number of nitrogens with zero attached hydrogens (tertiary/aromatic N) is 2. The minimum Gasteiger partial charge on any atom is -0.445 e. The first-order valence-electron chi connectivity index (χ1n) is 16.0. The smallest absolute Gasteiger partial charge is 0.407 e. The number of rotatable bonds is 10. The van der Waals surface area contributed by atoms with Gasteiger partial charge in [-0.3, -0.25) is 4.57 Å². The lowest BCUT2D eigenvalue weighted by atomic mass is 9.89. The third-order valence-corrected chi connectivity index (χ3v) is 9.13. The molecule has 1 aromatic heterocycles. The Morgan fingerprint density at radius 2 is 1.72 bits per heavy atom. The Morgan fingerprint density at radius 1 is 1.02 bits per heavy atom. The molecule has 2 fully saturated rings. The number of H-pyrrole nitrogens is 1. The van der Waals surface area contributed by atoms with E-state index in [1.807, 2.05) is 77.4 Å². The Morgan fingerprint density at radius 3 is 2.43 bits per heavy atom. The molecule has 2 saturated heterocycles. The average Bonchev–Trinajstić information content (AvgIpc) is 3.43. The van der Waals surface area contributed by atoms with Crippen LogP contribution in [-0.4, -0.2) is 58.0 Å². The standard InChI is InChI=1S/C36H42N4O6/c1-3-20-44-36(43)37-21-25-8-14-28(15-9-25)34-45-32(24(2)33(46-34)27-12-10-26(23-41)11-13-27)22-39-18-16-29(17-19-39)40-31-7-5-4-6-30(31)38-35(40)42/h3-15,24,29,32-34,41H,1,16-23H2,2H3,(H,37,43)(H,38,42)/t24-,32+,33+,34+/m0/s1. The van der Waals surface area contributed by atoms with E-state index >= 15 is 0 Å². The molecule has 2 aliphatic rings. The molecule has 4 aromatic rings. The fraction of sp³-hybridized carbons (Fsp3) is 0.389. The van der Waals surface area contributed by atoms with Crippen molar-refractivity contribution < 1.29 is 24.1 Å². The van der Waals surface area contributed by atoms with E-state index in [4.69, 9.17) is 14.2 Å². The number of aromatic amines is 1. The van der Waals surface area contributed by atoms with E-state index in [0.29, 0.717) is 6.54 Å². The number of aliphatic hydroxyl groups excluding tert-OH is 1. The molecule has 1 amide bonds. The maximum Gasteiger partial charge on any atom is 0.407 e. The largest absolute Gasteiger partial charge is 0.445 e. The molecule has 6 rings (SSSR count). The van der Waals surface area contributed by atoms with Crippen LogP contribution in [0.15, 0.2) is 90.2 Å². The number of aliphatic hydroxyl groups is 1. The SMILES string of the molecule is C=CCOC(=O)NCc1ccc([C@@H]2O[C@H](CN3CCC(n4c(=O)[nH]c5ccccc54)CC3)[C@H](C)[C@H](c3ccc(CO)cc3)O2)cc1. The number of aromatic nitrogens is 2. The predicted molar refractivity (Wildman–Crippen MR) is 175 cm³/mol. The van der Waals surface area contributed by atoms with Crippen LogP contribution in [0.25, 0.3) is 11.0 Å². The number of carbonyl (C=O) groups excluding carboxylic acids is 1. The molecule has 0 radical (unpaired) electrons. The maximum atomic E-state index is 12.8. The fourth-order valence-electron chi connectivity index (χ4n) is 6.53. The second-order valence-electron chi connectivity index (χ2n) is 12.2. The van der Waals surface area contributed by atoms with Gasteiger partial charge in [0.05, 0.1) is 29.8 Å². The van der Waals surface area contributed by atoms with Crippen molar-refractivity contribution in [2.45, 2.75) is 57.5 Å². The van der Waals surface area contributed by atoms with Gasteiger partial charge in [0.25, 0.3) is 0 Å². The third-order valence-electron chi connectivity index (χ3n) is 9.13. The third kappa shape index (κ3) is 7.10. The predicted octanol–water partition coefficient (Wildman–Crippen LogP) is 5.36. The van der Waals surface area contributed by atoms with Crippen molar-refractivity contribution in [2.24, 2.45) is 5.92 Å². The quantitative estimate of drug-likeness (QED) is 0.203. The number of fused-ring (bicyclic) bond motifs is 1. The van der Waals surface area contributed by atoms with Gasteiger partial charge in [0.2, 0.25) is 0 Å². The summed E-state index contributed by atoms with van der Waals surface area (Å²) in [7, 11) is 0. The van der Waals surface area contributed by atoms with Crippen LogP contribution in [0, 0.1) is 5.92 Å². The van der Waals surface area contributed by atoms with Gasteiger partial charge in [-0.05, 0) is 41.7 Å². The van der Waals surface area contributed by atoms with Crippen LogP contribution in [-0.2, 0) is 27.4 Å². The van der Waals surface area contributed by atoms with Gasteiger partial charge >= 0.3 is 11.8 Å². The van der Waals surface area contributed by atoms with Crippen molar-refractivity contribution >= 4 is 17.1 Å². The number of carbonyl (C=O) groups is 1. The number of hydrogen-bond donors (Lipinski definition) is 3. The van der Waals surface area contributed by atoms with Gasteiger partial charge < -0.3 is 34.5 Å². The number of ether oxygens (including phenoxy) is 3. The molecule has 0 unspecified atom stereocenters. The van der Waals surface area contributed by atoms with Crippen LogP contribution in [0.5, 0.6) is 0 Å². The topological polar surface area (TPSA) is 118 Å². The molecule has 3 aromatic carbocycles. The summed E-state index contributed by atoms with van der Waals surface area (Å²) < 4.78 is 20.2. The summed E-state index contributed by atoms with van der Waals surface area (Å²) in [5.74, 6) is 0.0650. The minimum atomic E-state index is -0.578. The van der Waals surface area contributed by atoms with Crippen molar-refractivity contribution in [3.63, 3.8) is 0 Å². The van der Waals surface area contributed by atoms with Gasteiger partial charge in [0.15, 0.2) is 6.29 Å². The van der Waals surface area contributed by atoms with Crippen LogP contribution >= 0.6 is 0 Å². The molecule has 0 bridgehead atoms. The van der Waals surface area contributed by atoms with E-state index in [1.165, 1.54) is 6.08 Å².